The van der Waals surface area contributed by atoms with Gasteiger partial charge in [0, 0.05) is 32.1 Å². The van der Waals surface area contributed by atoms with Crippen molar-refractivity contribution in [1.82, 2.24) is 5.06 Å². The van der Waals surface area contributed by atoms with Crippen molar-refractivity contribution in [3.8, 4) is 29.7 Å². The summed E-state index contributed by atoms with van der Waals surface area (Å²) in [6, 6.07) is 8.84. The van der Waals surface area contributed by atoms with Crippen LogP contribution in [0.25, 0.3) is 11.1 Å². The highest BCUT2D eigenvalue weighted by Gasteiger charge is 2.50. The Bertz CT molecular complexity index is 1030. The molecular formula is C24H25F2N3O3. The lowest BCUT2D eigenvalue weighted by atomic mass is 9.84. The van der Waals surface area contributed by atoms with Crippen LogP contribution in [0, 0.1) is 30.4 Å². The van der Waals surface area contributed by atoms with Gasteiger partial charge in [-0.25, -0.2) is 23.7 Å². The maximum Gasteiger partial charge on any atom is 0.221 e. The number of aliphatic imine (C=N–C) groups is 1. The average molecular weight is 441 g/mol. The van der Waals surface area contributed by atoms with Crippen LogP contribution in [-0.4, -0.2) is 37.4 Å². The first-order valence-electron chi connectivity index (χ1n) is 10.4. The number of rotatable bonds is 2. The largest absolute Gasteiger partial charge is 0.489 e. The lowest BCUT2D eigenvalue weighted by molar-refractivity contribution is -0.196. The predicted molar refractivity (Wildman–Crippen MR) is 116 cm³/mol. The summed E-state index contributed by atoms with van der Waals surface area (Å²) in [7, 11) is 1.70. The lowest BCUT2D eigenvalue weighted by Crippen LogP contribution is -2.44. The fourth-order valence-electron chi connectivity index (χ4n) is 4.49. The Morgan fingerprint density at radius 2 is 1.88 bits per heavy atom. The van der Waals surface area contributed by atoms with Gasteiger partial charge in [-0.1, -0.05) is 6.07 Å². The molecule has 0 saturated carbocycles. The highest BCUT2D eigenvalue weighted by molar-refractivity contribution is 5.79. The molecule has 0 bridgehead atoms. The maximum absolute atomic E-state index is 13.8. The van der Waals surface area contributed by atoms with E-state index in [1.165, 1.54) is 17.2 Å². The standard InChI is InChI=1S/C22H23F2N3O3.C2H2/c1-27-21(25)26-22(30-27)11-20(14-3-2-6-28-12-14)29-19-5-4-13(9-18(19)22)15-7-16(23)10-17(24)8-15;1-2/h4-5,7-10,14,20H,2-3,6,11-12H2,1H3,(H2,25,26);1-2H/t14?,20-,22-;/m0./s1. The zero-order chi connectivity index (χ0) is 22.9. The second-order valence-electron chi connectivity index (χ2n) is 8.05. The van der Waals surface area contributed by atoms with Crippen LogP contribution < -0.4 is 10.5 Å². The van der Waals surface area contributed by atoms with E-state index in [0.29, 0.717) is 35.5 Å². The number of halogens is 2. The summed E-state index contributed by atoms with van der Waals surface area (Å²) in [6.07, 6.45) is 10.3. The monoisotopic (exact) mass is 441 g/mol. The van der Waals surface area contributed by atoms with Crippen LogP contribution in [-0.2, 0) is 15.3 Å². The highest BCUT2D eigenvalue weighted by Crippen LogP contribution is 2.48. The SMILES string of the molecule is C#C.CN1O[C@]2(C[C@@H](C3CCCOC3)Oc3ccc(-c4cc(F)cc(F)c4)cc32)N=C1N. The Hall–Kier alpha value is -3.15. The zero-order valence-electron chi connectivity index (χ0n) is 17.8. The Morgan fingerprint density at radius 3 is 2.50 bits per heavy atom. The molecule has 1 unspecified atom stereocenters. The van der Waals surface area contributed by atoms with Crippen LogP contribution >= 0.6 is 0 Å². The predicted octanol–water partition coefficient (Wildman–Crippen LogP) is 3.80. The summed E-state index contributed by atoms with van der Waals surface area (Å²) < 4.78 is 39.5. The molecule has 1 fully saturated rings. The summed E-state index contributed by atoms with van der Waals surface area (Å²) in [6.45, 7) is 1.40. The molecule has 3 atom stereocenters. The Labute approximate surface area is 185 Å². The van der Waals surface area contributed by atoms with Gasteiger partial charge in [0.2, 0.25) is 11.7 Å². The molecule has 8 heteroatoms. The van der Waals surface area contributed by atoms with Gasteiger partial charge in [0.1, 0.15) is 23.5 Å². The van der Waals surface area contributed by atoms with Gasteiger partial charge in [-0.3, -0.25) is 0 Å². The van der Waals surface area contributed by atoms with Crippen molar-refractivity contribution in [3.63, 3.8) is 0 Å². The molecule has 0 aromatic heterocycles. The van der Waals surface area contributed by atoms with E-state index >= 15 is 0 Å². The number of hydrogen-bond donors (Lipinski definition) is 1. The van der Waals surface area contributed by atoms with Gasteiger partial charge in [-0.2, -0.15) is 0 Å². The van der Waals surface area contributed by atoms with Crippen molar-refractivity contribution < 1.29 is 23.1 Å². The number of terminal acetylenes is 1. The topological polar surface area (TPSA) is 69.3 Å². The van der Waals surface area contributed by atoms with Gasteiger partial charge in [0.15, 0.2) is 0 Å². The molecule has 0 radical (unpaired) electrons. The number of hydrogen-bond acceptors (Lipinski definition) is 6. The van der Waals surface area contributed by atoms with E-state index in [-0.39, 0.29) is 18.0 Å². The molecule has 32 heavy (non-hydrogen) atoms. The molecule has 2 N–H and O–H groups in total. The number of ether oxygens (including phenoxy) is 2. The van der Waals surface area contributed by atoms with Crippen molar-refractivity contribution in [1.29, 1.82) is 0 Å². The molecule has 2 aromatic carbocycles. The Morgan fingerprint density at radius 1 is 1.12 bits per heavy atom. The lowest BCUT2D eigenvalue weighted by Gasteiger charge is -2.41. The summed E-state index contributed by atoms with van der Waals surface area (Å²) in [5.41, 5.74) is 6.75. The molecule has 5 rings (SSSR count). The minimum Gasteiger partial charge on any atom is -0.489 e. The van der Waals surface area contributed by atoms with E-state index < -0.39 is 17.4 Å². The third-order valence-corrected chi connectivity index (χ3v) is 5.98. The summed E-state index contributed by atoms with van der Waals surface area (Å²) in [5, 5.41) is 1.44. The van der Waals surface area contributed by atoms with E-state index in [1.54, 1.807) is 19.2 Å². The van der Waals surface area contributed by atoms with Crippen LogP contribution in [0.1, 0.15) is 24.8 Å². The van der Waals surface area contributed by atoms with Crippen LogP contribution in [0.2, 0.25) is 0 Å². The molecule has 2 aromatic rings. The van der Waals surface area contributed by atoms with Crippen molar-refractivity contribution >= 4 is 5.96 Å². The number of hydroxylamine groups is 2. The fourth-order valence-corrected chi connectivity index (χ4v) is 4.49. The van der Waals surface area contributed by atoms with E-state index in [9.17, 15) is 8.78 Å². The van der Waals surface area contributed by atoms with Crippen LogP contribution in [0.3, 0.4) is 0 Å². The van der Waals surface area contributed by atoms with Crippen LogP contribution in [0.4, 0.5) is 8.78 Å². The van der Waals surface area contributed by atoms with Crippen molar-refractivity contribution in [2.24, 2.45) is 16.6 Å². The van der Waals surface area contributed by atoms with Gasteiger partial charge in [0.25, 0.3) is 0 Å². The molecule has 0 amide bonds. The van der Waals surface area contributed by atoms with E-state index in [0.717, 1.165) is 25.5 Å². The molecule has 168 valence electrons. The number of nitrogens with two attached hydrogens (primary N) is 1. The Kier molecular flexibility index (Phi) is 6.04. The first kappa shape index (κ1) is 22.1. The van der Waals surface area contributed by atoms with Crippen molar-refractivity contribution in [3.05, 3.63) is 53.6 Å². The smallest absolute Gasteiger partial charge is 0.221 e. The van der Waals surface area contributed by atoms with Gasteiger partial charge < -0.3 is 15.2 Å². The number of benzene rings is 2. The molecule has 6 nitrogen and oxygen atoms in total. The van der Waals surface area contributed by atoms with Crippen molar-refractivity contribution in [2.45, 2.75) is 31.1 Å². The van der Waals surface area contributed by atoms with Crippen LogP contribution in [0.5, 0.6) is 5.75 Å². The van der Waals surface area contributed by atoms with Gasteiger partial charge >= 0.3 is 0 Å². The zero-order valence-corrected chi connectivity index (χ0v) is 17.8. The fraction of sp³-hybridized carbons (Fsp3) is 0.375. The molecular weight excluding hydrogens is 416 g/mol. The molecule has 3 heterocycles. The molecule has 3 aliphatic heterocycles. The first-order valence-corrected chi connectivity index (χ1v) is 10.4. The minimum absolute atomic E-state index is 0.140. The maximum atomic E-state index is 13.8. The van der Waals surface area contributed by atoms with Crippen molar-refractivity contribution in [2.75, 3.05) is 20.3 Å². The second-order valence-corrected chi connectivity index (χ2v) is 8.05. The normalized spacial score (nSPS) is 26.5. The summed E-state index contributed by atoms with van der Waals surface area (Å²) >= 11 is 0. The average Bonchev–Trinajstić information content (AvgIpc) is 3.08. The third kappa shape index (κ3) is 4.01. The minimum atomic E-state index is -1.05. The number of fused-ring (bicyclic) bond motifs is 2. The first-order chi connectivity index (χ1) is 15.4. The molecule has 1 saturated heterocycles. The van der Waals surface area contributed by atoms with E-state index in [1.807, 2.05) is 6.07 Å². The number of nitrogens with zero attached hydrogens (tertiary/aromatic N) is 2. The third-order valence-electron chi connectivity index (χ3n) is 5.98. The summed E-state index contributed by atoms with van der Waals surface area (Å²) in [4.78, 5) is 10.8. The van der Waals surface area contributed by atoms with Gasteiger partial charge in [-0.15, -0.1) is 12.8 Å². The summed E-state index contributed by atoms with van der Waals surface area (Å²) in [5.74, 6) is -0.144. The molecule has 1 spiro atoms. The second kappa shape index (κ2) is 8.77. The van der Waals surface area contributed by atoms with Gasteiger partial charge in [0.05, 0.1) is 12.2 Å². The van der Waals surface area contributed by atoms with E-state index in [2.05, 4.69) is 17.8 Å². The van der Waals surface area contributed by atoms with Gasteiger partial charge in [-0.05, 0) is 48.2 Å². The van der Waals surface area contributed by atoms with Crippen LogP contribution in [0.15, 0.2) is 41.4 Å². The molecule has 3 aliphatic rings. The number of guanidine groups is 1. The van der Waals surface area contributed by atoms with E-state index in [4.69, 9.17) is 20.0 Å². The Balaban J connectivity index is 0.00000119. The quantitative estimate of drug-likeness (QED) is 0.718. The highest BCUT2D eigenvalue weighted by atomic mass is 19.1. The molecule has 0 aliphatic carbocycles.